The summed E-state index contributed by atoms with van der Waals surface area (Å²) in [6.07, 6.45) is -5.33. The second-order valence-corrected chi connectivity index (χ2v) is 3.00. The molecule has 1 aromatic rings. The lowest BCUT2D eigenvalue weighted by atomic mass is 10.0. The van der Waals surface area contributed by atoms with E-state index in [0.29, 0.717) is 0 Å². The Morgan fingerprint density at radius 1 is 0.722 bits per heavy atom. The van der Waals surface area contributed by atoms with Crippen molar-refractivity contribution in [2.24, 2.45) is 5.73 Å². The maximum absolute atomic E-state index is 12.9. The van der Waals surface area contributed by atoms with Crippen LogP contribution in [0.3, 0.4) is 0 Å². The molecule has 0 unspecified atom stereocenters. The summed E-state index contributed by atoms with van der Waals surface area (Å²) in [5.74, 6) is -12.7. The lowest BCUT2D eigenvalue weighted by Crippen LogP contribution is -2.31. The van der Waals surface area contributed by atoms with Crippen LogP contribution in [-0.4, -0.2) is 6.18 Å². The van der Waals surface area contributed by atoms with Crippen LogP contribution >= 0.6 is 12.4 Å². The molecule has 0 amide bonds. The standard InChI is InChI=1S/C8H3F8N.ClH/c9-2-1(7(17)8(14,15)16)3(10)5(12)6(13)4(2)11;/h7H,17H2;1H/t7-;/m0./s1. The van der Waals surface area contributed by atoms with E-state index in [9.17, 15) is 35.1 Å². The topological polar surface area (TPSA) is 26.0 Å². The zero-order valence-corrected chi connectivity index (χ0v) is 8.90. The van der Waals surface area contributed by atoms with E-state index >= 15 is 0 Å². The molecular weight excluding hydrogens is 298 g/mol. The summed E-state index contributed by atoms with van der Waals surface area (Å²) in [5.41, 5.74) is 2.30. The number of alkyl halides is 3. The van der Waals surface area contributed by atoms with Crippen LogP contribution in [0.5, 0.6) is 0 Å². The minimum absolute atomic E-state index is 0. The summed E-state index contributed by atoms with van der Waals surface area (Å²) in [5, 5.41) is 0. The molecule has 0 aliphatic heterocycles. The Morgan fingerprint density at radius 2 is 1.00 bits per heavy atom. The minimum atomic E-state index is -5.33. The van der Waals surface area contributed by atoms with Crippen LogP contribution in [0.2, 0.25) is 0 Å². The second-order valence-electron chi connectivity index (χ2n) is 3.00. The average molecular weight is 302 g/mol. The molecular formula is C8H4ClF8N. The van der Waals surface area contributed by atoms with E-state index in [1.165, 1.54) is 0 Å². The third kappa shape index (κ3) is 2.66. The first kappa shape index (κ1) is 16.9. The van der Waals surface area contributed by atoms with E-state index in [1.54, 1.807) is 0 Å². The molecule has 0 aromatic heterocycles. The molecule has 0 saturated carbocycles. The van der Waals surface area contributed by atoms with E-state index in [0.717, 1.165) is 0 Å². The Morgan fingerprint density at radius 3 is 1.28 bits per heavy atom. The average Bonchev–Trinajstić information content (AvgIpc) is 2.22. The SMILES string of the molecule is Cl.N[C@@H](c1c(F)c(F)c(F)c(F)c1F)C(F)(F)F. The summed E-state index contributed by atoms with van der Waals surface area (Å²) < 4.78 is 99.6. The van der Waals surface area contributed by atoms with Gasteiger partial charge in [-0.15, -0.1) is 12.4 Å². The van der Waals surface area contributed by atoms with E-state index in [4.69, 9.17) is 0 Å². The highest BCUT2D eigenvalue weighted by Gasteiger charge is 2.43. The summed E-state index contributed by atoms with van der Waals surface area (Å²) >= 11 is 0. The van der Waals surface area contributed by atoms with E-state index in [-0.39, 0.29) is 12.4 Å². The predicted octanol–water partition coefficient (Wildman–Crippen LogP) is 3.37. The molecule has 10 heteroatoms. The monoisotopic (exact) mass is 301 g/mol. The molecule has 18 heavy (non-hydrogen) atoms. The van der Waals surface area contributed by atoms with Gasteiger partial charge in [0.2, 0.25) is 5.82 Å². The third-order valence-electron chi connectivity index (χ3n) is 1.91. The maximum atomic E-state index is 12.9. The fourth-order valence-corrected chi connectivity index (χ4v) is 1.06. The van der Waals surface area contributed by atoms with Crippen LogP contribution in [0.15, 0.2) is 0 Å². The largest absolute Gasteiger partial charge is 0.407 e. The molecule has 0 aliphatic carbocycles. The van der Waals surface area contributed by atoms with Gasteiger partial charge in [-0.2, -0.15) is 13.2 Å². The Bertz CT molecular complexity index is 428. The smallest absolute Gasteiger partial charge is 0.316 e. The Balaban J connectivity index is 0.00000289. The molecule has 1 nitrogen and oxygen atoms in total. The van der Waals surface area contributed by atoms with Crippen LogP contribution in [0, 0.1) is 29.1 Å². The highest BCUT2D eigenvalue weighted by atomic mass is 35.5. The molecule has 0 saturated heterocycles. The number of hydrogen-bond donors (Lipinski definition) is 1. The van der Waals surface area contributed by atoms with Gasteiger partial charge in [-0.05, 0) is 0 Å². The van der Waals surface area contributed by atoms with Crippen molar-refractivity contribution in [1.82, 2.24) is 0 Å². The Hall–Kier alpha value is -1.09. The van der Waals surface area contributed by atoms with Gasteiger partial charge in [-0.25, -0.2) is 22.0 Å². The normalized spacial score (nSPS) is 13.2. The van der Waals surface area contributed by atoms with E-state index in [2.05, 4.69) is 5.73 Å². The summed E-state index contributed by atoms with van der Waals surface area (Å²) in [6, 6.07) is -3.30. The molecule has 1 rings (SSSR count). The molecule has 0 heterocycles. The van der Waals surface area contributed by atoms with Crippen molar-refractivity contribution in [1.29, 1.82) is 0 Å². The van der Waals surface area contributed by atoms with Gasteiger partial charge in [0.25, 0.3) is 0 Å². The van der Waals surface area contributed by atoms with Gasteiger partial charge in [0.05, 0.1) is 5.56 Å². The molecule has 0 spiro atoms. The number of halogens is 9. The first-order valence-electron chi connectivity index (χ1n) is 3.92. The zero-order chi connectivity index (χ0) is 13.5. The van der Waals surface area contributed by atoms with Crippen molar-refractivity contribution in [2.45, 2.75) is 12.2 Å². The third-order valence-corrected chi connectivity index (χ3v) is 1.91. The fourth-order valence-electron chi connectivity index (χ4n) is 1.06. The first-order valence-corrected chi connectivity index (χ1v) is 3.92. The van der Waals surface area contributed by atoms with Crippen molar-refractivity contribution in [3.63, 3.8) is 0 Å². The van der Waals surface area contributed by atoms with Crippen molar-refractivity contribution < 1.29 is 35.1 Å². The molecule has 1 atom stereocenters. The molecule has 0 aliphatic rings. The van der Waals surface area contributed by atoms with Crippen LogP contribution in [0.4, 0.5) is 35.1 Å². The highest BCUT2D eigenvalue weighted by molar-refractivity contribution is 5.85. The Labute approximate surface area is 101 Å². The number of nitrogens with two attached hydrogens (primary N) is 1. The molecule has 1 aromatic carbocycles. The fraction of sp³-hybridized carbons (Fsp3) is 0.250. The Kier molecular flexibility index (Phi) is 4.95. The van der Waals surface area contributed by atoms with Gasteiger partial charge in [0.1, 0.15) is 6.04 Å². The van der Waals surface area contributed by atoms with Crippen molar-refractivity contribution in [3.05, 3.63) is 34.6 Å². The van der Waals surface area contributed by atoms with Gasteiger partial charge < -0.3 is 5.73 Å². The van der Waals surface area contributed by atoms with Gasteiger partial charge in [-0.3, -0.25) is 0 Å². The van der Waals surface area contributed by atoms with Crippen LogP contribution in [0.1, 0.15) is 11.6 Å². The van der Waals surface area contributed by atoms with Crippen LogP contribution in [-0.2, 0) is 0 Å². The lowest BCUT2D eigenvalue weighted by Gasteiger charge is -2.17. The van der Waals surface area contributed by atoms with Gasteiger partial charge in [-0.1, -0.05) is 0 Å². The highest BCUT2D eigenvalue weighted by Crippen LogP contribution is 2.35. The predicted molar refractivity (Wildman–Crippen MR) is 46.5 cm³/mol. The van der Waals surface area contributed by atoms with Gasteiger partial charge in [0, 0.05) is 0 Å². The van der Waals surface area contributed by atoms with E-state index in [1.807, 2.05) is 0 Å². The number of benzene rings is 1. The zero-order valence-electron chi connectivity index (χ0n) is 8.09. The second kappa shape index (κ2) is 5.27. The maximum Gasteiger partial charge on any atom is 0.407 e. The molecule has 2 N–H and O–H groups in total. The minimum Gasteiger partial charge on any atom is -0.316 e. The number of rotatable bonds is 1. The van der Waals surface area contributed by atoms with Crippen LogP contribution in [0.25, 0.3) is 0 Å². The van der Waals surface area contributed by atoms with Crippen molar-refractivity contribution >= 4 is 12.4 Å². The number of hydrogen-bond acceptors (Lipinski definition) is 1. The summed E-state index contributed by atoms with van der Waals surface area (Å²) in [6.45, 7) is 0. The molecule has 0 radical (unpaired) electrons. The first-order chi connectivity index (χ1) is 7.59. The summed E-state index contributed by atoms with van der Waals surface area (Å²) in [4.78, 5) is 0. The molecule has 0 fully saturated rings. The lowest BCUT2D eigenvalue weighted by molar-refractivity contribution is -0.150. The molecule has 0 bridgehead atoms. The molecule has 104 valence electrons. The van der Waals surface area contributed by atoms with Crippen LogP contribution < -0.4 is 5.73 Å². The van der Waals surface area contributed by atoms with Gasteiger partial charge >= 0.3 is 6.18 Å². The van der Waals surface area contributed by atoms with Crippen molar-refractivity contribution in [2.75, 3.05) is 0 Å². The van der Waals surface area contributed by atoms with E-state index < -0.39 is 46.9 Å². The van der Waals surface area contributed by atoms with Crippen molar-refractivity contribution in [3.8, 4) is 0 Å². The summed E-state index contributed by atoms with van der Waals surface area (Å²) in [7, 11) is 0. The van der Waals surface area contributed by atoms with Gasteiger partial charge in [0.15, 0.2) is 23.3 Å². The quantitative estimate of drug-likeness (QED) is 0.480.